The maximum Gasteiger partial charge on any atom is 0.418 e. The number of carbonyl (C=O) groups is 2. The monoisotopic (exact) mass is 627 g/mol. The topological polar surface area (TPSA) is 88.7 Å². The Hall–Kier alpha value is -5.13. The second kappa shape index (κ2) is 11.0. The molecule has 3 amide bonds. The second-order valence-electron chi connectivity index (χ2n) is 11.8. The number of aryl methyl sites for hydroxylation is 1. The molecule has 4 heterocycles. The zero-order valence-electron chi connectivity index (χ0n) is 25.6. The van der Waals surface area contributed by atoms with Crippen LogP contribution in [0.4, 0.5) is 35.0 Å². The van der Waals surface area contributed by atoms with Gasteiger partial charge >= 0.3 is 12.2 Å². The maximum atomic E-state index is 14.7. The molecule has 46 heavy (non-hydrogen) atoms. The Morgan fingerprint density at radius 2 is 1.63 bits per heavy atom. The van der Waals surface area contributed by atoms with Crippen molar-refractivity contribution in [3.63, 3.8) is 0 Å². The molecule has 2 aliphatic rings. The third-order valence-electron chi connectivity index (χ3n) is 8.96. The highest BCUT2D eigenvalue weighted by atomic mass is 19.4. The predicted molar refractivity (Wildman–Crippen MR) is 171 cm³/mol. The van der Waals surface area contributed by atoms with Crippen LogP contribution in [0.15, 0.2) is 60.8 Å². The SMILES string of the molecule is CCC(=O)N1CCN(c2ccc(N3C(=O)N(C)Cc4cnc5ccc(-c6ccc7n[nH]c(C)c7c6)cc5c43)cc2C(F)(F)F)CC1. The first kappa shape index (κ1) is 29.6. The van der Waals surface area contributed by atoms with E-state index < -0.39 is 17.8 Å². The number of H-pyrrole nitrogens is 1. The van der Waals surface area contributed by atoms with E-state index in [0.29, 0.717) is 36.1 Å². The molecule has 0 saturated carbocycles. The van der Waals surface area contributed by atoms with Crippen molar-refractivity contribution in [3.05, 3.63) is 77.6 Å². The number of alkyl halides is 3. The molecule has 5 aromatic rings. The molecule has 0 aliphatic carbocycles. The minimum Gasteiger partial charge on any atom is -0.367 e. The third-order valence-corrected chi connectivity index (χ3v) is 8.96. The Kier molecular flexibility index (Phi) is 7.10. The quantitative estimate of drug-likeness (QED) is 0.235. The van der Waals surface area contributed by atoms with Crippen LogP contribution in [-0.4, -0.2) is 70.1 Å². The summed E-state index contributed by atoms with van der Waals surface area (Å²) in [6.45, 7) is 5.26. The number of aromatic amines is 1. The summed E-state index contributed by atoms with van der Waals surface area (Å²) < 4.78 is 44.0. The number of benzene rings is 3. The van der Waals surface area contributed by atoms with Gasteiger partial charge in [0.15, 0.2) is 0 Å². The standard InChI is InChI=1S/C34H32F3N7O2/c1-4-31(45)43-13-11-42(12-14-43)30-10-7-24(17-27(30)34(35,36)37)44-32-23(19-41(3)33(44)46)18-38-28-8-5-22(16-26(28)32)21-6-9-29-25(15-21)20(2)39-40-29/h5-10,15-18H,4,11-14,19H2,1-3H3,(H,39,40). The van der Waals surface area contributed by atoms with Gasteiger partial charge < -0.3 is 14.7 Å². The van der Waals surface area contributed by atoms with E-state index >= 15 is 0 Å². The number of hydrogen-bond acceptors (Lipinski definition) is 5. The van der Waals surface area contributed by atoms with E-state index in [1.54, 1.807) is 36.0 Å². The molecule has 0 unspecified atom stereocenters. The molecule has 1 fully saturated rings. The number of anilines is 3. The lowest BCUT2D eigenvalue weighted by atomic mass is 9.98. The van der Waals surface area contributed by atoms with Crippen molar-refractivity contribution in [2.75, 3.05) is 43.0 Å². The Labute approximate surface area is 263 Å². The first-order valence-corrected chi connectivity index (χ1v) is 15.2. The van der Waals surface area contributed by atoms with Crippen LogP contribution >= 0.6 is 0 Å². The molecule has 9 nitrogen and oxygen atoms in total. The number of aromatic nitrogens is 3. The number of amides is 3. The molecule has 0 spiro atoms. The van der Waals surface area contributed by atoms with Gasteiger partial charge in [0.25, 0.3) is 0 Å². The van der Waals surface area contributed by atoms with Gasteiger partial charge in [-0.1, -0.05) is 19.1 Å². The number of nitrogens with zero attached hydrogens (tertiary/aromatic N) is 6. The van der Waals surface area contributed by atoms with Crippen molar-refractivity contribution in [1.29, 1.82) is 0 Å². The lowest BCUT2D eigenvalue weighted by Gasteiger charge is -2.38. The number of halogens is 3. The summed E-state index contributed by atoms with van der Waals surface area (Å²) >= 11 is 0. The van der Waals surface area contributed by atoms with Crippen molar-refractivity contribution < 1.29 is 22.8 Å². The zero-order valence-corrected chi connectivity index (χ0v) is 25.6. The van der Waals surface area contributed by atoms with E-state index in [0.717, 1.165) is 39.4 Å². The largest absolute Gasteiger partial charge is 0.418 e. The molecule has 236 valence electrons. The molecular formula is C34H32F3N7O2. The van der Waals surface area contributed by atoms with E-state index in [1.165, 1.54) is 15.9 Å². The average Bonchev–Trinajstić information content (AvgIpc) is 3.43. The number of fused-ring (bicyclic) bond motifs is 4. The molecule has 12 heteroatoms. The number of rotatable bonds is 4. The van der Waals surface area contributed by atoms with Crippen molar-refractivity contribution in [2.45, 2.75) is 33.0 Å². The van der Waals surface area contributed by atoms with Crippen LogP contribution in [-0.2, 0) is 17.5 Å². The lowest BCUT2D eigenvalue weighted by Crippen LogP contribution is -2.49. The van der Waals surface area contributed by atoms with Crippen molar-refractivity contribution >= 4 is 50.8 Å². The summed E-state index contributed by atoms with van der Waals surface area (Å²) in [4.78, 5) is 36.8. The van der Waals surface area contributed by atoms with E-state index in [4.69, 9.17) is 0 Å². The van der Waals surface area contributed by atoms with Gasteiger partial charge in [0.2, 0.25) is 5.91 Å². The van der Waals surface area contributed by atoms with Gasteiger partial charge in [0, 0.05) is 73.6 Å². The summed E-state index contributed by atoms with van der Waals surface area (Å²) in [5.41, 5.74) is 4.79. The molecule has 0 bridgehead atoms. The number of pyridine rings is 1. The predicted octanol–water partition coefficient (Wildman–Crippen LogP) is 6.87. The Morgan fingerprint density at radius 3 is 2.33 bits per heavy atom. The second-order valence-corrected chi connectivity index (χ2v) is 11.8. The maximum absolute atomic E-state index is 14.7. The smallest absolute Gasteiger partial charge is 0.367 e. The fourth-order valence-corrected chi connectivity index (χ4v) is 6.51. The van der Waals surface area contributed by atoms with E-state index in [2.05, 4.69) is 15.2 Å². The molecule has 2 aliphatic heterocycles. The molecule has 0 atom stereocenters. The number of hydrogen-bond donors (Lipinski definition) is 1. The molecule has 1 saturated heterocycles. The van der Waals surface area contributed by atoms with Crippen LogP contribution in [0.2, 0.25) is 0 Å². The highest BCUT2D eigenvalue weighted by molar-refractivity contribution is 6.10. The summed E-state index contributed by atoms with van der Waals surface area (Å²) in [5, 5.41) is 8.96. The van der Waals surface area contributed by atoms with Gasteiger partial charge in [-0.05, 0) is 60.5 Å². The number of urea groups is 1. The number of nitrogens with one attached hydrogen (secondary N) is 1. The van der Waals surface area contributed by atoms with Crippen LogP contribution in [0.1, 0.15) is 30.2 Å². The summed E-state index contributed by atoms with van der Waals surface area (Å²) in [5.74, 6) is -0.0144. The van der Waals surface area contributed by atoms with Gasteiger partial charge in [-0.25, -0.2) is 4.79 Å². The van der Waals surface area contributed by atoms with Crippen molar-refractivity contribution in [2.24, 2.45) is 0 Å². The summed E-state index contributed by atoms with van der Waals surface area (Å²) in [6.07, 6.45) is -2.63. The minimum atomic E-state index is -4.67. The van der Waals surface area contributed by atoms with Crippen LogP contribution < -0.4 is 9.80 Å². The third kappa shape index (κ3) is 4.97. The fourth-order valence-electron chi connectivity index (χ4n) is 6.51. The van der Waals surface area contributed by atoms with Crippen molar-refractivity contribution in [1.82, 2.24) is 25.0 Å². The van der Waals surface area contributed by atoms with Crippen LogP contribution in [0.5, 0.6) is 0 Å². The number of piperazine rings is 1. The molecule has 0 radical (unpaired) electrons. The molecule has 3 aromatic carbocycles. The van der Waals surface area contributed by atoms with Crippen molar-refractivity contribution in [3.8, 4) is 11.1 Å². The van der Waals surface area contributed by atoms with Gasteiger partial charge in [-0.15, -0.1) is 0 Å². The van der Waals surface area contributed by atoms with E-state index in [1.807, 2.05) is 43.3 Å². The summed E-state index contributed by atoms with van der Waals surface area (Å²) in [6, 6.07) is 15.3. The first-order chi connectivity index (χ1) is 22.0. The Morgan fingerprint density at radius 1 is 0.935 bits per heavy atom. The normalized spacial score (nSPS) is 15.7. The minimum absolute atomic E-state index is 0.0144. The van der Waals surface area contributed by atoms with Crippen LogP contribution in [0, 0.1) is 6.92 Å². The highest BCUT2D eigenvalue weighted by Gasteiger charge is 2.38. The van der Waals surface area contributed by atoms with E-state index in [-0.39, 0.29) is 36.9 Å². The number of carbonyl (C=O) groups excluding carboxylic acids is 2. The molecule has 1 N–H and O–H groups in total. The lowest BCUT2D eigenvalue weighted by molar-refractivity contribution is -0.137. The van der Waals surface area contributed by atoms with Gasteiger partial charge in [0.1, 0.15) is 0 Å². The van der Waals surface area contributed by atoms with Gasteiger partial charge in [0.05, 0.1) is 34.5 Å². The van der Waals surface area contributed by atoms with Crippen LogP contribution in [0.3, 0.4) is 0 Å². The van der Waals surface area contributed by atoms with E-state index in [9.17, 15) is 22.8 Å². The Balaban J connectivity index is 1.33. The molecule has 2 aromatic heterocycles. The molecular weight excluding hydrogens is 595 g/mol. The molecule has 7 rings (SSSR count). The zero-order chi connectivity index (χ0) is 32.3. The highest BCUT2D eigenvalue weighted by Crippen LogP contribution is 2.44. The first-order valence-electron chi connectivity index (χ1n) is 15.2. The van der Waals surface area contributed by atoms with Crippen LogP contribution in [0.25, 0.3) is 32.9 Å². The van der Waals surface area contributed by atoms with Gasteiger partial charge in [-0.2, -0.15) is 18.3 Å². The van der Waals surface area contributed by atoms with Gasteiger partial charge in [-0.3, -0.25) is 19.8 Å². The fraction of sp³-hybridized carbons (Fsp3) is 0.294. The average molecular weight is 628 g/mol. The Bertz CT molecular complexity index is 2010. The summed E-state index contributed by atoms with van der Waals surface area (Å²) in [7, 11) is 1.62.